The second-order valence-corrected chi connectivity index (χ2v) is 8.90. The minimum absolute atomic E-state index is 0.160. The first-order valence-corrected chi connectivity index (χ1v) is 11.3. The Morgan fingerprint density at radius 1 is 1.08 bits per heavy atom. The van der Waals surface area contributed by atoms with E-state index in [1.165, 1.54) is 32.1 Å². The van der Waals surface area contributed by atoms with E-state index in [-0.39, 0.29) is 11.3 Å². The highest BCUT2D eigenvalue weighted by Crippen LogP contribution is 2.34. The van der Waals surface area contributed by atoms with Crippen molar-refractivity contribution in [1.29, 1.82) is 0 Å². The third-order valence-electron chi connectivity index (χ3n) is 4.65. The van der Waals surface area contributed by atoms with E-state index < -0.39 is 0 Å². The molecular weight excluding hydrogens is 342 g/mol. The highest BCUT2D eigenvalue weighted by Gasteiger charge is 2.21. The second kappa shape index (κ2) is 11.5. The van der Waals surface area contributed by atoms with Crippen molar-refractivity contribution in [2.45, 2.75) is 84.5 Å². The first kappa shape index (κ1) is 22.9. The van der Waals surface area contributed by atoms with Crippen LogP contribution in [0.5, 0.6) is 5.75 Å². The Hall–Kier alpha value is -1.16. The third kappa shape index (κ3) is 7.61. The maximum atomic E-state index is 12.8. The Morgan fingerprint density at radius 3 is 2.27 bits per heavy atom. The first-order chi connectivity index (χ1) is 12.3. The lowest BCUT2D eigenvalue weighted by atomic mass is 9.86. The van der Waals surface area contributed by atoms with E-state index in [1.54, 1.807) is 17.8 Å². The van der Waals surface area contributed by atoms with Gasteiger partial charge in [0, 0.05) is 17.7 Å². The van der Waals surface area contributed by atoms with Gasteiger partial charge in [-0.05, 0) is 36.3 Å². The number of rotatable bonds is 11. The number of hydrogen-bond acceptors (Lipinski definition) is 3. The highest BCUT2D eigenvalue weighted by molar-refractivity contribution is 7.98. The summed E-state index contributed by atoms with van der Waals surface area (Å²) in [6.45, 7) is 8.45. The normalized spacial score (nSPS) is 11.6. The average molecular weight is 380 g/mol. The Morgan fingerprint density at radius 2 is 1.69 bits per heavy atom. The van der Waals surface area contributed by atoms with Crippen molar-refractivity contribution >= 4 is 23.4 Å². The molecule has 1 aromatic rings. The highest BCUT2D eigenvalue weighted by atomic mass is 32.2. The van der Waals surface area contributed by atoms with Crippen molar-refractivity contribution in [2.75, 3.05) is 17.0 Å². The topological polar surface area (TPSA) is 40.5 Å². The molecule has 3 nitrogen and oxygen atoms in total. The van der Waals surface area contributed by atoms with E-state index in [4.69, 9.17) is 0 Å². The second-order valence-electron chi connectivity index (χ2n) is 8.06. The van der Waals surface area contributed by atoms with Crippen LogP contribution in [-0.4, -0.2) is 23.1 Å². The van der Waals surface area contributed by atoms with Gasteiger partial charge in [0.15, 0.2) is 0 Å². The molecule has 0 bridgehead atoms. The van der Waals surface area contributed by atoms with Gasteiger partial charge in [-0.25, -0.2) is 0 Å². The van der Waals surface area contributed by atoms with Crippen LogP contribution in [0.4, 0.5) is 5.69 Å². The summed E-state index contributed by atoms with van der Waals surface area (Å²) < 4.78 is 0. The lowest BCUT2D eigenvalue weighted by Gasteiger charge is -2.26. The van der Waals surface area contributed by atoms with Crippen molar-refractivity contribution in [1.82, 2.24) is 0 Å². The number of amides is 1. The molecule has 0 heterocycles. The van der Waals surface area contributed by atoms with E-state index in [9.17, 15) is 9.90 Å². The molecule has 0 spiro atoms. The number of carbonyl (C=O) groups is 1. The van der Waals surface area contributed by atoms with Crippen molar-refractivity contribution in [3.63, 3.8) is 0 Å². The molecule has 148 valence electrons. The van der Waals surface area contributed by atoms with Crippen LogP contribution in [0.2, 0.25) is 0 Å². The summed E-state index contributed by atoms with van der Waals surface area (Å²) in [5.74, 6) is 1.12. The Balaban J connectivity index is 2.69. The SMILES string of the molecule is CCCCCCCCCC(=O)N(CSC)c1ccc(O)c(C(C)(C)C)c1. The number of thioether (sulfide) groups is 1. The van der Waals surface area contributed by atoms with Gasteiger partial charge in [0.1, 0.15) is 5.75 Å². The van der Waals surface area contributed by atoms with E-state index in [1.807, 2.05) is 23.3 Å². The van der Waals surface area contributed by atoms with Crippen LogP contribution in [-0.2, 0) is 10.2 Å². The van der Waals surface area contributed by atoms with Gasteiger partial charge in [-0.1, -0.05) is 66.2 Å². The maximum absolute atomic E-state index is 12.8. The number of aromatic hydroxyl groups is 1. The summed E-state index contributed by atoms with van der Waals surface area (Å²) in [4.78, 5) is 14.6. The number of unbranched alkanes of at least 4 members (excludes halogenated alkanes) is 6. The number of hydrogen-bond donors (Lipinski definition) is 1. The fraction of sp³-hybridized carbons (Fsp3) is 0.682. The predicted octanol–water partition coefficient (Wildman–Crippen LogP) is 6.48. The molecule has 0 aliphatic heterocycles. The molecule has 1 rings (SSSR count). The van der Waals surface area contributed by atoms with Crippen molar-refractivity contribution in [3.05, 3.63) is 23.8 Å². The lowest BCUT2D eigenvalue weighted by Crippen LogP contribution is -2.30. The number of phenolic OH excluding ortho intramolecular Hbond substituents is 1. The number of anilines is 1. The fourth-order valence-electron chi connectivity index (χ4n) is 3.08. The Labute approximate surface area is 164 Å². The zero-order chi connectivity index (χ0) is 19.6. The number of benzene rings is 1. The van der Waals surface area contributed by atoms with Gasteiger partial charge in [0.25, 0.3) is 0 Å². The molecule has 0 fully saturated rings. The fourth-order valence-corrected chi connectivity index (χ4v) is 3.63. The molecule has 0 aliphatic rings. The van der Waals surface area contributed by atoms with Crippen LogP contribution in [0.1, 0.15) is 84.6 Å². The van der Waals surface area contributed by atoms with Crippen molar-refractivity contribution < 1.29 is 9.90 Å². The van der Waals surface area contributed by atoms with Crippen LogP contribution >= 0.6 is 11.8 Å². The van der Waals surface area contributed by atoms with Gasteiger partial charge in [-0.3, -0.25) is 4.79 Å². The summed E-state index contributed by atoms with van der Waals surface area (Å²) in [5, 5.41) is 10.2. The molecule has 0 saturated heterocycles. The summed E-state index contributed by atoms with van der Waals surface area (Å²) in [6, 6.07) is 5.53. The van der Waals surface area contributed by atoms with Gasteiger partial charge < -0.3 is 10.0 Å². The summed E-state index contributed by atoms with van der Waals surface area (Å²) in [6.07, 6.45) is 11.1. The molecule has 0 unspecified atom stereocenters. The van der Waals surface area contributed by atoms with E-state index >= 15 is 0 Å². The molecule has 0 aliphatic carbocycles. The van der Waals surface area contributed by atoms with Crippen molar-refractivity contribution in [3.8, 4) is 5.75 Å². The van der Waals surface area contributed by atoms with Crippen LogP contribution in [0.3, 0.4) is 0 Å². The van der Waals surface area contributed by atoms with E-state index in [0.29, 0.717) is 18.0 Å². The number of carbonyl (C=O) groups excluding carboxylic acids is 1. The largest absolute Gasteiger partial charge is 0.508 e. The molecule has 1 aromatic carbocycles. The molecule has 0 saturated carbocycles. The zero-order valence-electron chi connectivity index (χ0n) is 17.3. The molecule has 4 heteroatoms. The van der Waals surface area contributed by atoms with Gasteiger partial charge in [-0.2, -0.15) is 0 Å². The number of phenols is 1. The molecule has 0 radical (unpaired) electrons. The van der Waals surface area contributed by atoms with Gasteiger partial charge >= 0.3 is 0 Å². The van der Waals surface area contributed by atoms with Gasteiger partial charge in [0.2, 0.25) is 5.91 Å². The maximum Gasteiger partial charge on any atom is 0.227 e. The van der Waals surface area contributed by atoms with Gasteiger partial charge in [0.05, 0.1) is 5.88 Å². The quantitative estimate of drug-likeness (QED) is 0.353. The Bertz CT molecular complexity index is 552. The molecule has 1 N–H and O–H groups in total. The van der Waals surface area contributed by atoms with E-state index in [0.717, 1.165) is 24.1 Å². The minimum Gasteiger partial charge on any atom is -0.508 e. The van der Waals surface area contributed by atoms with E-state index in [2.05, 4.69) is 27.7 Å². The van der Waals surface area contributed by atoms with Crippen LogP contribution in [0.25, 0.3) is 0 Å². The van der Waals surface area contributed by atoms with Crippen LogP contribution in [0.15, 0.2) is 18.2 Å². The Kier molecular flexibility index (Phi) is 10.1. The predicted molar refractivity (Wildman–Crippen MR) is 115 cm³/mol. The first-order valence-electron chi connectivity index (χ1n) is 9.94. The smallest absolute Gasteiger partial charge is 0.227 e. The number of nitrogens with zero attached hydrogens (tertiary/aromatic N) is 1. The van der Waals surface area contributed by atoms with Crippen LogP contribution < -0.4 is 4.90 Å². The lowest BCUT2D eigenvalue weighted by molar-refractivity contribution is -0.118. The molecule has 0 atom stereocenters. The van der Waals surface area contributed by atoms with Crippen molar-refractivity contribution in [2.24, 2.45) is 0 Å². The molecule has 0 aromatic heterocycles. The third-order valence-corrected chi connectivity index (χ3v) is 5.17. The summed E-state index contributed by atoms with van der Waals surface area (Å²) >= 11 is 1.65. The monoisotopic (exact) mass is 379 g/mol. The average Bonchev–Trinajstić information content (AvgIpc) is 2.58. The summed E-state index contributed by atoms with van der Waals surface area (Å²) in [7, 11) is 0. The zero-order valence-corrected chi connectivity index (χ0v) is 18.1. The molecular formula is C22H37NO2S. The molecule has 1 amide bonds. The van der Waals surface area contributed by atoms with Crippen LogP contribution in [0, 0.1) is 0 Å². The van der Waals surface area contributed by atoms with Gasteiger partial charge in [-0.15, -0.1) is 11.8 Å². The minimum atomic E-state index is -0.160. The standard InChI is InChI=1S/C22H37NO2S/c1-6-7-8-9-10-11-12-13-21(25)23(17-26-5)18-14-15-20(24)19(16-18)22(2,3)4/h14-16,24H,6-13,17H2,1-5H3. The summed E-state index contributed by atoms with van der Waals surface area (Å²) in [5.41, 5.74) is 1.60. The molecule has 26 heavy (non-hydrogen) atoms.